The number of nitrogens with one attached hydrogen (secondary N) is 1. The fourth-order valence-electron chi connectivity index (χ4n) is 3.48. The molecule has 0 spiro atoms. The molecule has 2 aliphatic heterocycles. The van der Waals surface area contributed by atoms with Crippen molar-refractivity contribution in [1.82, 2.24) is 10.2 Å². The van der Waals surface area contributed by atoms with Gasteiger partial charge in [-0.2, -0.15) is 0 Å². The van der Waals surface area contributed by atoms with Crippen LogP contribution in [0.5, 0.6) is 0 Å². The zero-order chi connectivity index (χ0) is 13.0. The zero-order valence-corrected chi connectivity index (χ0v) is 11.8. The van der Waals surface area contributed by atoms with Crippen LogP contribution in [0.4, 0.5) is 0 Å². The Hall–Kier alpha value is -0.160. The van der Waals surface area contributed by atoms with Crippen molar-refractivity contribution in [2.75, 3.05) is 46.4 Å². The molecule has 2 fully saturated rings. The van der Waals surface area contributed by atoms with E-state index in [4.69, 9.17) is 4.74 Å². The number of nitrogens with zero attached hydrogens (tertiary/aromatic N) is 1. The molecule has 0 aromatic carbocycles. The van der Waals surface area contributed by atoms with Gasteiger partial charge in [-0.15, -0.1) is 0 Å². The normalized spacial score (nSPS) is 35.8. The molecule has 4 nitrogen and oxygen atoms in total. The minimum Gasteiger partial charge on any atom is -0.393 e. The number of ether oxygens (including phenoxy) is 1. The Balaban J connectivity index is 1.89. The van der Waals surface area contributed by atoms with Gasteiger partial charge in [0, 0.05) is 31.7 Å². The van der Waals surface area contributed by atoms with E-state index in [-0.39, 0.29) is 11.5 Å². The monoisotopic (exact) mass is 256 g/mol. The van der Waals surface area contributed by atoms with Crippen molar-refractivity contribution < 1.29 is 9.84 Å². The maximum Gasteiger partial charge on any atom is 0.0552 e. The predicted molar refractivity (Wildman–Crippen MR) is 72.6 cm³/mol. The summed E-state index contributed by atoms with van der Waals surface area (Å²) in [6.07, 6.45) is 3.39. The fourth-order valence-corrected chi connectivity index (χ4v) is 3.48. The van der Waals surface area contributed by atoms with Crippen LogP contribution in [-0.2, 0) is 4.74 Å². The van der Waals surface area contributed by atoms with Gasteiger partial charge in [0.25, 0.3) is 0 Å². The molecule has 2 aliphatic rings. The third-order valence-electron chi connectivity index (χ3n) is 4.51. The first-order valence-corrected chi connectivity index (χ1v) is 7.28. The van der Waals surface area contributed by atoms with Gasteiger partial charge in [-0.25, -0.2) is 0 Å². The van der Waals surface area contributed by atoms with Gasteiger partial charge in [-0.3, -0.25) is 0 Å². The lowest BCUT2D eigenvalue weighted by atomic mass is 9.82. The summed E-state index contributed by atoms with van der Waals surface area (Å²) in [5, 5.41) is 13.0. The highest BCUT2D eigenvalue weighted by molar-refractivity contribution is 4.90. The van der Waals surface area contributed by atoms with Crippen LogP contribution in [-0.4, -0.2) is 62.6 Å². The van der Waals surface area contributed by atoms with Crippen LogP contribution >= 0.6 is 0 Å². The average molecular weight is 256 g/mol. The van der Waals surface area contributed by atoms with E-state index in [2.05, 4.69) is 10.2 Å². The summed E-state index contributed by atoms with van der Waals surface area (Å²) in [5.41, 5.74) is 0.278. The molecule has 0 radical (unpaired) electrons. The number of hydrogen-bond acceptors (Lipinski definition) is 4. The lowest BCUT2D eigenvalue weighted by Gasteiger charge is -2.40. The van der Waals surface area contributed by atoms with Crippen LogP contribution in [0.3, 0.4) is 0 Å². The Morgan fingerprint density at radius 3 is 2.94 bits per heavy atom. The van der Waals surface area contributed by atoms with Gasteiger partial charge in [0.15, 0.2) is 0 Å². The Morgan fingerprint density at radius 2 is 2.39 bits per heavy atom. The van der Waals surface area contributed by atoms with Crippen molar-refractivity contribution in [2.24, 2.45) is 11.3 Å². The van der Waals surface area contributed by atoms with Crippen molar-refractivity contribution in [1.29, 1.82) is 0 Å². The van der Waals surface area contributed by atoms with Gasteiger partial charge in [0.05, 0.1) is 12.7 Å². The largest absolute Gasteiger partial charge is 0.393 e. The van der Waals surface area contributed by atoms with E-state index in [1.54, 1.807) is 0 Å². The summed E-state index contributed by atoms with van der Waals surface area (Å²) in [4.78, 5) is 2.52. The second kappa shape index (κ2) is 6.33. The number of aliphatic hydroxyl groups is 1. The van der Waals surface area contributed by atoms with Gasteiger partial charge in [-0.05, 0) is 45.7 Å². The molecule has 3 unspecified atom stereocenters. The molecule has 2 rings (SSSR count). The van der Waals surface area contributed by atoms with Crippen molar-refractivity contribution in [3.05, 3.63) is 0 Å². The molecular formula is C14H28N2O2. The van der Waals surface area contributed by atoms with Crippen LogP contribution in [0.15, 0.2) is 0 Å². The van der Waals surface area contributed by atoms with Crippen LogP contribution < -0.4 is 5.32 Å². The number of aliphatic hydroxyl groups excluding tert-OH is 1. The first kappa shape index (κ1) is 14.3. The smallest absolute Gasteiger partial charge is 0.0552 e. The highest BCUT2D eigenvalue weighted by Gasteiger charge is 2.36. The fraction of sp³-hybridized carbons (Fsp3) is 1.00. The second-order valence-electron chi connectivity index (χ2n) is 6.21. The average Bonchev–Trinajstić information content (AvgIpc) is 2.79. The van der Waals surface area contributed by atoms with E-state index in [1.807, 2.05) is 14.0 Å². The Kier molecular flexibility index (Phi) is 5.01. The molecule has 4 heteroatoms. The third-order valence-corrected chi connectivity index (χ3v) is 4.51. The van der Waals surface area contributed by atoms with E-state index >= 15 is 0 Å². The molecule has 0 aromatic rings. The van der Waals surface area contributed by atoms with E-state index in [0.717, 1.165) is 45.8 Å². The summed E-state index contributed by atoms with van der Waals surface area (Å²) < 4.78 is 5.71. The maximum absolute atomic E-state index is 9.68. The van der Waals surface area contributed by atoms with Crippen molar-refractivity contribution in [3.8, 4) is 0 Å². The molecule has 106 valence electrons. The molecule has 2 N–H and O–H groups in total. The lowest BCUT2D eigenvalue weighted by molar-refractivity contribution is -0.0233. The molecule has 3 atom stereocenters. The summed E-state index contributed by atoms with van der Waals surface area (Å²) in [6, 6.07) is 0. The Bertz CT molecular complexity index is 247. The number of hydrogen-bond donors (Lipinski definition) is 2. The van der Waals surface area contributed by atoms with Crippen molar-refractivity contribution in [3.63, 3.8) is 0 Å². The van der Waals surface area contributed by atoms with Crippen LogP contribution in [0, 0.1) is 11.3 Å². The van der Waals surface area contributed by atoms with Gasteiger partial charge in [0.2, 0.25) is 0 Å². The molecule has 0 bridgehead atoms. The number of likely N-dealkylation sites (tertiary alicyclic amines) is 1. The van der Waals surface area contributed by atoms with Crippen molar-refractivity contribution in [2.45, 2.75) is 32.3 Å². The quantitative estimate of drug-likeness (QED) is 0.760. The minimum atomic E-state index is -0.169. The van der Waals surface area contributed by atoms with Crippen molar-refractivity contribution >= 4 is 0 Å². The van der Waals surface area contributed by atoms with Gasteiger partial charge in [0.1, 0.15) is 0 Å². The Labute approximate surface area is 111 Å². The predicted octanol–water partition coefficient (Wildman–Crippen LogP) is 0.705. The van der Waals surface area contributed by atoms with Gasteiger partial charge < -0.3 is 20.1 Å². The molecular weight excluding hydrogens is 228 g/mol. The maximum atomic E-state index is 9.68. The Morgan fingerprint density at radius 1 is 1.56 bits per heavy atom. The van der Waals surface area contributed by atoms with E-state index in [9.17, 15) is 5.11 Å². The highest BCUT2D eigenvalue weighted by Crippen LogP contribution is 2.31. The molecule has 0 aliphatic carbocycles. The van der Waals surface area contributed by atoms with Crippen LogP contribution in [0.2, 0.25) is 0 Å². The van der Waals surface area contributed by atoms with E-state index < -0.39 is 0 Å². The third kappa shape index (κ3) is 3.44. The summed E-state index contributed by atoms with van der Waals surface area (Å²) in [6.45, 7) is 8.02. The lowest BCUT2D eigenvalue weighted by Crippen LogP contribution is -2.48. The molecule has 2 heterocycles. The van der Waals surface area contributed by atoms with E-state index in [0.29, 0.717) is 5.92 Å². The van der Waals surface area contributed by atoms with Gasteiger partial charge >= 0.3 is 0 Å². The van der Waals surface area contributed by atoms with Crippen LogP contribution in [0.1, 0.15) is 26.2 Å². The van der Waals surface area contributed by atoms with Crippen LogP contribution in [0.25, 0.3) is 0 Å². The minimum absolute atomic E-state index is 0.169. The highest BCUT2D eigenvalue weighted by atomic mass is 16.5. The molecule has 18 heavy (non-hydrogen) atoms. The first-order valence-electron chi connectivity index (χ1n) is 7.28. The SMILES string of the molecule is CNCC1(CN2CCC(C(C)O)C2)CCCOC1. The summed E-state index contributed by atoms with van der Waals surface area (Å²) in [7, 11) is 2.03. The second-order valence-corrected chi connectivity index (χ2v) is 6.21. The number of rotatable bonds is 5. The summed E-state index contributed by atoms with van der Waals surface area (Å²) in [5.74, 6) is 0.459. The molecule has 0 aromatic heterocycles. The molecule has 0 amide bonds. The van der Waals surface area contributed by atoms with Gasteiger partial charge in [-0.1, -0.05) is 0 Å². The standard InChI is InChI=1S/C14H28N2O2/c1-12(17)13-4-6-16(8-13)10-14(9-15-2)5-3-7-18-11-14/h12-13,15,17H,3-11H2,1-2H3. The zero-order valence-electron chi connectivity index (χ0n) is 11.8. The molecule has 2 saturated heterocycles. The molecule has 0 saturated carbocycles. The van der Waals surface area contributed by atoms with E-state index in [1.165, 1.54) is 12.8 Å². The topological polar surface area (TPSA) is 44.7 Å². The first-order chi connectivity index (χ1) is 8.65. The summed E-state index contributed by atoms with van der Waals surface area (Å²) >= 11 is 0.